The molecule has 0 saturated carbocycles. The predicted molar refractivity (Wildman–Crippen MR) is 75.9 cm³/mol. The minimum Gasteiger partial charge on any atom is -0.497 e. The molecule has 0 saturated heterocycles. The summed E-state index contributed by atoms with van der Waals surface area (Å²) < 4.78 is 5.24. The minimum atomic E-state index is 0.485. The van der Waals surface area contributed by atoms with Crippen molar-refractivity contribution in [1.29, 1.82) is 0 Å². The van der Waals surface area contributed by atoms with Gasteiger partial charge >= 0.3 is 0 Å². The van der Waals surface area contributed by atoms with E-state index in [2.05, 4.69) is 9.97 Å². The van der Waals surface area contributed by atoms with Gasteiger partial charge in [0.15, 0.2) is 0 Å². The van der Waals surface area contributed by atoms with Crippen molar-refractivity contribution in [3.05, 3.63) is 48.7 Å². The van der Waals surface area contributed by atoms with Gasteiger partial charge in [0.1, 0.15) is 11.6 Å². The number of anilines is 1. The molecule has 0 spiro atoms. The lowest BCUT2D eigenvalue weighted by Crippen LogP contribution is -1.95. The van der Waals surface area contributed by atoms with Crippen LogP contribution in [0.1, 0.15) is 0 Å². The number of rotatable bonds is 2. The number of nitrogens with two attached hydrogens (primary N) is 1. The first-order valence-corrected chi connectivity index (χ1v) is 5.93. The first-order valence-electron chi connectivity index (χ1n) is 5.93. The fraction of sp³-hybridized carbons (Fsp3) is 0.0667. The predicted octanol–water partition coefficient (Wildman–Crippen LogP) is 2.89. The molecule has 3 rings (SSSR count). The van der Waals surface area contributed by atoms with Crippen LogP contribution < -0.4 is 10.5 Å². The summed E-state index contributed by atoms with van der Waals surface area (Å²) in [4.78, 5) is 8.80. The van der Waals surface area contributed by atoms with Crippen LogP contribution in [0.4, 0.5) is 5.82 Å². The number of hydrogen-bond donors (Lipinski definition) is 1. The molecule has 0 bridgehead atoms. The third kappa shape index (κ3) is 2.08. The van der Waals surface area contributed by atoms with Gasteiger partial charge in [0.25, 0.3) is 0 Å². The zero-order valence-corrected chi connectivity index (χ0v) is 10.5. The number of fused-ring (bicyclic) bond motifs is 1. The number of pyridine rings is 2. The van der Waals surface area contributed by atoms with Crippen LogP contribution in [-0.4, -0.2) is 17.1 Å². The molecular formula is C15H13N3O. The van der Waals surface area contributed by atoms with Crippen molar-refractivity contribution in [3.8, 4) is 17.0 Å². The van der Waals surface area contributed by atoms with E-state index in [0.29, 0.717) is 5.82 Å². The van der Waals surface area contributed by atoms with E-state index in [4.69, 9.17) is 10.5 Å². The molecule has 4 nitrogen and oxygen atoms in total. The maximum absolute atomic E-state index is 5.86. The molecular weight excluding hydrogens is 238 g/mol. The third-order valence-electron chi connectivity index (χ3n) is 2.95. The van der Waals surface area contributed by atoms with Gasteiger partial charge in [-0.1, -0.05) is 18.2 Å². The molecule has 2 N–H and O–H groups in total. The lowest BCUT2D eigenvalue weighted by Gasteiger charge is -2.08. The van der Waals surface area contributed by atoms with Crippen LogP contribution in [0.3, 0.4) is 0 Å². The van der Waals surface area contributed by atoms with Gasteiger partial charge in [-0.2, -0.15) is 0 Å². The summed E-state index contributed by atoms with van der Waals surface area (Å²) in [5.41, 5.74) is 8.41. The standard InChI is InChI=1S/C15H13N3O/c1-19-12-6-2-4-10(8-12)15-14-11(5-3-7-17-14)9-13(16)18-15/h2-9H,1H3,(H2,16,18). The zero-order valence-electron chi connectivity index (χ0n) is 10.5. The van der Waals surface area contributed by atoms with Crippen LogP contribution in [0.2, 0.25) is 0 Å². The van der Waals surface area contributed by atoms with E-state index in [1.807, 2.05) is 42.5 Å². The van der Waals surface area contributed by atoms with Crippen molar-refractivity contribution in [2.75, 3.05) is 12.8 Å². The number of ether oxygens (including phenoxy) is 1. The van der Waals surface area contributed by atoms with Crippen molar-refractivity contribution in [3.63, 3.8) is 0 Å². The summed E-state index contributed by atoms with van der Waals surface area (Å²) in [5, 5.41) is 0.979. The molecule has 4 heteroatoms. The van der Waals surface area contributed by atoms with E-state index in [-0.39, 0.29) is 0 Å². The van der Waals surface area contributed by atoms with Crippen molar-refractivity contribution < 1.29 is 4.74 Å². The highest BCUT2D eigenvalue weighted by atomic mass is 16.5. The summed E-state index contributed by atoms with van der Waals surface area (Å²) in [6.07, 6.45) is 1.75. The van der Waals surface area contributed by atoms with Crippen LogP contribution in [0.5, 0.6) is 5.75 Å². The van der Waals surface area contributed by atoms with Gasteiger partial charge in [-0.15, -0.1) is 0 Å². The van der Waals surface area contributed by atoms with Crippen LogP contribution in [-0.2, 0) is 0 Å². The monoisotopic (exact) mass is 251 g/mol. The molecule has 0 aliphatic rings. The van der Waals surface area contributed by atoms with Crippen molar-refractivity contribution in [1.82, 2.24) is 9.97 Å². The highest BCUT2D eigenvalue weighted by Crippen LogP contribution is 2.28. The SMILES string of the molecule is COc1cccc(-c2nc(N)cc3cccnc23)c1. The van der Waals surface area contributed by atoms with Crippen molar-refractivity contribution >= 4 is 16.7 Å². The first-order chi connectivity index (χ1) is 9.28. The Bertz CT molecular complexity index is 740. The van der Waals surface area contributed by atoms with Gasteiger partial charge in [-0.25, -0.2) is 4.98 Å². The average molecular weight is 251 g/mol. The molecule has 0 unspecified atom stereocenters. The summed E-state index contributed by atoms with van der Waals surface area (Å²) >= 11 is 0. The van der Waals surface area contributed by atoms with E-state index >= 15 is 0 Å². The van der Waals surface area contributed by atoms with E-state index in [1.54, 1.807) is 13.3 Å². The molecule has 2 aromatic heterocycles. The number of benzene rings is 1. The maximum atomic E-state index is 5.86. The summed E-state index contributed by atoms with van der Waals surface area (Å²) in [6.45, 7) is 0. The molecule has 2 heterocycles. The Balaban J connectivity index is 2.29. The Morgan fingerprint density at radius 3 is 2.84 bits per heavy atom. The topological polar surface area (TPSA) is 61.0 Å². The van der Waals surface area contributed by atoms with Crippen molar-refractivity contribution in [2.45, 2.75) is 0 Å². The normalized spacial score (nSPS) is 10.6. The van der Waals surface area contributed by atoms with Crippen LogP contribution in [0.25, 0.3) is 22.2 Å². The molecule has 0 amide bonds. The summed E-state index contributed by atoms with van der Waals surface area (Å²) in [7, 11) is 1.64. The van der Waals surface area contributed by atoms with Gasteiger partial charge < -0.3 is 10.5 Å². The second-order valence-corrected chi connectivity index (χ2v) is 4.20. The van der Waals surface area contributed by atoms with E-state index in [0.717, 1.165) is 27.9 Å². The zero-order chi connectivity index (χ0) is 13.2. The Labute approximate surface area is 110 Å². The quantitative estimate of drug-likeness (QED) is 0.760. The second-order valence-electron chi connectivity index (χ2n) is 4.20. The van der Waals surface area contributed by atoms with E-state index < -0.39 is 0 Å². The smallest absolute Gasteiger partial charge is 0.124 e. The number of nitrogen functional groups attached to an aromatic ring is 1. The lowest BCUT2D eigenvalue weighted by atomic mass is 10.1. The number of aromatic nitrogens is 2. The molecule has 0 atom stereocenters. The molecule has 19 heavy (non-hydrogen) atoms. The molecule has 94 valence electrons. The van der Waals surface area contributed by atoms with Crippen LogP contribution in [0, 0.1) is 0 Å². The lowest BCUT2D eigenvalue weighted by molar-refractivity contribution is 0.415. The molecule has 1 aromatic carbocycles. The molecule has 0 fully saturated rings. The number of nitrogens with zero attached hydrogens (tertiary/aromatic N) is 2. The van der Waals surface area contributed by atoms with Crippen molar-refractivity contribution in [2.24, 2.45) is 0 Å². The molecule has 0 radical (unpaired) electrons. The Morgan fingerprint density at radius 1 is 1.11 bits per heavy atom. The summed E-state index contributed by atoms with van der Waals surface area (Å²) in [6, 6.07) is 13.4. The van der Waals surface area contributed by atoms with E-state index in [9.17, 15) is 0 Å². The van der Waals surface area contributed by atoms with Gasteiger partial charge in [0, 0.05) is 17.1 Å². The maximum Gasteiger partial charge on any atom is 0.124 e. The largest absolute Gasteiger partial charge is 0.497 e. The molecule has 0 aliphatic carbocycles. The van der Waals surface area contributed by atoms with Gasteiger partial charge in [0.05, 0.1) is 18.3 Å². The van der Waals surface area contributed by atoms with Gasteiger partial charge in [-0.05, 0) is 24.3 Å². The number of hydrogen-bond acceptors (Lipinski definition) is 4. The second kappa shape index (κ2) is 4.57. The Hall–Kier alpha value is -2.62. The Kier molecular flexibility index (Phi) is 2.76. The Morgan fingerprint density at radius 2 is 2.00 bits per heavy atom. The highest BCUT2D eigenvalue weighted by Gasteiger charge is 2.09. The minimum absolute atomic E-state index is 0.485. The first kappa shape index (κ1) is 11.5. The highest BCUT2D eigenvalue weighted by molar-refractivity contribution is 5.93. The molecule has 3 aromatic rings. The number of methoxy groups -OCH3 is 1. The fourth-order valence-corrected chi connectivity index (χ4v) is 2.08. The van der Waals surface area contributed by atoms with Gasteiger partial charge in [0.2, 0.25) is 0 Å². The van der Waals surface area contributed by atoms with Gasteiger partial charge in [-0.3, -0.25) is 4.98 Å². The average Bonchev–Trinajstić information content (AvgIpc) is 2.46. The third-order valence-corrected chi connectivity index (χ3v) is 2.95. The summed E-state index contributed by atoms with van der Waals surface area (Å²) in [5.74, 6) is 1.27. The van der Waals surface area contributed by atoms with E-state index in [1.165, 1.54) is 0 Å². The molecule has 0 aliphatic heterocycles. The van der Waals surface area contributed by atoms with Crippen LogP contribution in [0.15, 0.2) is 48.7 Å². The fourth-order valence-electron chi connectivity index (χ4n) is 2.08. The van der Waals surface area contributed by atoms with Crippen LogP contribution >= 0.6 is 0 Å².